The maximum Gasteiger partial charge on any atom is 0.0718 e. The Balaban J connectivity index is 2.61. The number of hydrogen-bond donors (Lipinski definition) is 2. The third-order valence-corrected chi connectivity index (χ3v) is 4.10. The molecule has 1 saturated heterocycles. The highest BCUT2D eigenvalue weighted by Crippen LogP contribution is 2.31. The van der Waals surface area contributed by atoms with Crippen LogP contribution in [0.5, 0.6) is 0 Å². The second-order valence-corrected chi connectivity index (χ2v) is 6.90. The fourth-order valence-electron chi connectivity index (χ4n) is 3.03. The first-order valence-corrected chi connectivity index (χ1v) is 8.14. The Labute approximate surface area is 124 Å². The minimum atomic E-state index is -0.626. The topological polar surface area (TPSA) is 44.7 Å². The molecule has 1 aliphatic rings. The Morgan fingerprint density at radius 3 is 2.40 bits per heavy atom. The number of ether oxygens (including phenoxy) is 1. The Morgan fingerprint density at radius 2 is 1.90 bits per heavy atom. The molecule has 2 N–H and O–H groups in total. The summed E-state index contributed by atoms with van der Waals surface area (Å²) in [6, 6.07) is 0. The minimum absolute atomic E-state index is 0.300. The van der Waals surface area contributed by atoms with E-state index in [4.69, 9.17) is 4.74 Å². The summed E-state index contributed by atoms with van der Waals surface area (Å²) in [5.41, 5.74) is -0.326. The monoisotopic (exact) mass is 286 g/mol. The fraction of sp³-hybridized carbons (Fsp3) is 1.00. The lowest BCUT2D eigenvalue weighted by molar-refractivity contribution is -0.0225. The molecule has 0 spiro atoms. The van der Waals surface area contributed by atoms with Crippen molar-refractivity contribution < 1.29 is 9.84 Å². The first kappa shape index (κ1) is 17.9. The van der Waals surface area contributed by atoms with Gasteiger partial charge in [0.2, 0.25) is 0 Å². The Hall–Kier alpha value is -0.160. The van der Waals surface area contributed by atoms with Crippen LogP contribution >= 0.6 is 0 Å². The van der Waals surface area contributed by atoms with E-state index in [1.54, 1.807) is 0 Å². The quantitative estimate of drug-likeness (QED) is 0.635. The second kappa shape index (κ2) is 8.32. The largest absolute Gasteiger partial charge is 0.389 e. The van der Waals surface area contributed by atoms with Gasteiger partial charge in [0.15, 0.2) is 0 Å². The number of rotatable bonds is 9. The lowest BCUT2D eigenvalue weighted by atomic mass is 9.79. The van der Waals surface area contributed by atoms with Crippen LogP contribution in [0.15, 0.2) is 0 Å². The van der Waals surface area contributed by atoms with Crippen molar-refractivity contribution in [3.63, 3.8) is 0 Å². The van der Waals surface area contributed by atoms with Gasteiger partial charge in [-0.05, 0) is 51.6 Å². The van der Waals surface area contributed by atoms with E-state index in [9.17, 15) is 5.11 Å². The van der Waals surface area contributed by atoms with E-state index in [1.165, 1.54) is 6.42 Å². The average molecular weight is 286 g/mol. The second-order valence-electron chi connectivity index (χ2n) is 6.90. The van der Waals surface area contributed by atoms with Gasteiger partial charge in [0.1, 0.15) is 0 Å². The van der Waals surface area contributed by atoms with Gasteiger partial charge in [0.25, 0.3) is 0 Å². The summed E-state index contributed by atoms with van der Waals surface area (Å²) in [6.45, 7) is 14.8. The van der Waals surface area contributed by atoms with E-state index in [1.807, 2.05) is 13.8 Å². The predicted molar refractivity (Wildman–Crippen MR) is 84.1 cm³/mol. The lowest BCUT2D eigenvalue weighted by Gasteiger charge is -2.42. The van der Waals surface area contributed by atoms with Gasteiger partial charge in [-0.25, -0.2) is 0 Å². The van der Waals surface area contributed by atoms with Crippen molar-refractivity contribution >= 4 is 0 Å². The highest BCUT2D eigenvalue weighted by Gasteiger charge is 2.34. The zero-order chi connectivity index (χ0) is 15.1. The van der Waals surface area contributed by atoms with Crippen LogP contribution in [0.4, 0.5) is 0 Å². The number of hydrogen-bond acceptors (Lipinski definition) is 4. The molecule has 4 nitrogen and oxygen atoms in total. The molecule has 1 rings (SSSR count). The number of nitrogens with zero attached hydrogens (tertiary/aromatic N) is 1. The number of likely N-dealkylation sites (N-methyl/N-ethyl adjacent to an activating group) is 1. The van der Waals surface area contributed by atoms with Crippen molar-refractivity contribution in [2.24, 2.45) is 5.41 Å². The molecule has 20 heavy (non-hydrogen) atoms. The van der Waals surface area contributed by atoms with Crippen LogP contribution in [0.3, 0.4) is 0 Å². The Bertz CT molecular complexity index is 258. The molecule has 0 aromatic rings. The van der Waals surface area contributed by atoms with Gasteiger partial charge in [0.05, 0.1) is 5.60 Å². The molecular weight excluding hydrogens is 252 g/mol. The van der Waals surface area contributed by atoms with Crippen molar-refractivity contribution in [1.82, 2.24) is 10.2 Å². The van der Waals surface area contributed by atoms with Gasteiger partial charge < -0.3 is 20.1 Å². The SMILES string of the molecule is CCCNCC1(CN(CC)CC(C)(C)O)CCOCC1. The Morgan fingerprint density at radius 1 is 1.25 bits per heavy atom. The van der Waals surface area contributed by atoms with Crippen LogP contribution in [0.25, 0.3) is 0 Å². The van der Waals surface area contributed by atoms with Crippen LogP contribution in [0.1, 0.15) is 47.0 Å². The van der Waals surface area contributed by atoms with E-state index >= 15 is 0 Å². The van der Waals surface area contributed by atoms with Crippen molar-refractivity contribution in [2.45, 2.75) is 52.6 Å². The number of nitrogens with one attached hydrogen (secondary N) is 1. The summed E-state index contributed by atoms with van der Waals surface area (Å²) < 4.78 is 5.55. The molecule has 1 fully saturated rings. The first-order chi connectivity index (χ1) is 9.41. The summed E-state index contributed by atoms with van der Waals surface area (Å²) in [5.74, 6) is 0. The molecule has 0 aromatic carbocycles. The first-order valence-electron chi connectivity index (χ1n) is 8.14. The van der Waals surface area contributed by atoms with Gasteiger partial charge in [-0.15, -0.1) is 0 Å². The van der Waals surface area contributed by atoms with Crippen LogP contribution in [0, 0.1) is 5.41 Å². The summed E-state index contributed by atoms with van der Waals surface area (Å²) in [5, 5.41) is 13.7. The average Bonchev–Trinajstić information content (AvgIpc) is 2.38. The summed E-state index contributed by atoms with van der Waals surface area (Å²) in [4.78, 5) is 2.39. The molecule has 120 valence electrons. The molecular formula is C16H34N2O2. The third kappa shape index (κ3) is 6.53. The molecule has 0 unspecified atom stereocenters. The van der Waals surface area contributed by atoms with Crippen molar-refractivity contribution in [3.8, 4) is 0 Å². The van der Waals surface area contributed by atoms with E-state index < -0.39 is 5.60 Å². The van der Waals surface area contributed by atoms with Crippen molar-refractivity contribution in [3.05, 3.63) is 0 Å². The molecule has 1 aliphatic heterocycles. The summed E-state index contributed by atoms with van der Waals surface area (Å²) in [6.07, 6.45) is 3.41. The van der Waals surface area contributed by atoms with Gasteiger partial charge in [-0.1, -0.05) is 13.8 Å². The lowest BCUT2D eigenvalue weighted by Crippen LogP contribution is -2.50. The van der Waals surface area contributed by atoms with Gasteiger partial charge in [-0.2, -0.15) is 0 Å². The van der Waals surface area contributed by atoms with E-state index in [2.05, 4.69) is 24.1 Å². The molecule has 0 atom stereocenters. The smallest absolute Gasteiger partial charge is 0.0718 e. The van der Waals surface area contributed by atoms with Crippen molar-refractivity contribution in [2.75, 3.05) is 45.9 Å². The maximum absolute atomic E-state index is 10.1. The van der Waals surface area contributed by atoms with Crippen LogP contribution in [-0.4, -0.2) is 61.5 Å². The molecule has 0 bridgehead atoms. The molecule has 4 heteroatoms. The third-order valence-electron chi connectivity index (χ3n) is 4.10. The maximum atomic E-state index is 10.1. The molecule has 0 aliphatic carbocycles. The van der Waals surface area contributed by atoms with Crippen LogP contribution < -0.4 is 5.32 Å². The van der Waals surface area contributed by atoms with Gasteiger partial charge in [0, 0.05) is 32.8 Å². The standard InChI is InChI=1S/C16H34N2O2/c1-5-9-17-12-16(7-10-20-11-8-16)14-18(6-2)13-15(3,4)19/h17,19H,5-14H2,1-4H3. The zero-order valence-electron chi connectivity index (χ0n) is 13.9. The van der Waals surface area contributed by atoms with Gasteiger partial charge in [-0.3, -0.25) is 0 Å². The minimum Gasteiger partial charge on any atom is -0.389 e. The van der Waals surface area contributed by atoms with Crippen LogP contribution in [0.2, 0.25) is 0 Å². The Kier molecular flexibility index (Phi) is 7.45. The normalized spacial score (nSPS) is 19.5. The highest BCUT2D eigenvalue weighted by atomic mass is 16.5. The van der Waals surface area contributed by atoms with E-state index in [-0.39, 0.29) is 0 Å². The molecule has 0 aromatic heterocycles. The molecule has 0 saturated carbocycles. The van der Waals surface area contributed by atoms with Crippen molar-refractivity contribution in [1.29, 1.82) is 0 Å². The van der Waals surface area contributed by atoms with Gasteiger partial charge >= 0.3 is 0 Å². The van der Waals surface area contributed by atoms with E-state index in [0.29, 0.717) is 5.41 Å². The predicted octanol–water partition coefficient (Wildman–Crippen LogP) is 1.88. The zero-order valence-corrected chi connectivity index (χ0v) is 13.9. The van der Waals surface area contributed by atoms with E-state index in [0.717, 1.165) is 58.8 Å². The number of aliphatic hydroxyl groups is 1. The van der Waals surface area contributed by atoms with Crippen LogP contribution in [-0.2, 0) is 4.74 Å². The molecule has 0 radical (unpaired) electrons. The highest BCUT2D eigenvalue weighted by molar-refractivity contribution is 4.88. The molecule has 1 heterocycles. The summed E-state index contributed by atoms with van der Waals surface area (Å²) in [7, 11) is 0. The molecule has 0 amide bonds. The fourth-order valence-corrected chi connectivity index (χ4v) is 3.03. The summed E-state index contributed by atoms with van der Waals surface area (Å²) >= 11 is 0.